The van der Waals surface area contributed by atoms with Crippen molar-refractivity contribution in [1.82, 2.24) is 18.9 Å². The Morgan fingerprint density at radius 1 is 0.500 bits per heavy atom. The Bertz CT molecular complexity index is 2980. The molecule has 0 aliphatic rings. The number of para-hydroxylation sites is 1. The minimum Gasteiger partial charge on any atom is -0.309 e. The minimum atomic E-state index is 0.657. The van der Waals surface area contributed by atoms with Gasteiger partial charge in [-0.2, -0.15) is 5.26 Å². The summed E-state index contributed by atoms with van der Waals surface area (Å²) in [6.07, 6.45) is 2.06. The van der Waals surface area contributed by atoms with E-state index in [0.29, 0.717) is 5.56 Å². The van der Waals surface area contributed by atoms with Crippen LogP contribution in [0.15, 0.2) is 164 Å². The average Bonchev–Trinajstić information content (AvgIpc) is 3.74. The van der Waals surface area contributed by atoms with Gasteiger partial charge in [0.05, 0.1) is 39.4 Å². The first-order valence-corrected chi connectivity index (χ1v) is 16.6. The largest absolute Gasteiger partial charge is 0.309 e. The first-order chi connectivity index (χ1) is 24.7. The molecule has 4 aromatic heterocycles. The zero-order valence-electron chi connectivity index (χ0n) is 26.8. The number of rotatable bonds is 4. The summed E-state index contributed by atoms with van der Waals surface area (Å²) < 4.78 is 4.43. The maximum absolute atomic E-state index is 9.64. The van der Waals surface area contributed by atoms with Crippen LogP contribution >= 0.6 is 0 Å². The van der Waals surface area contributed by atoms with Crippen LogP contribution in [0.3, 0.4) is 0 Å². The van der Waals surface area contributed by atoms with Crippen LogP contribution in [0.5, 0.6) is 0 Å². The van der Waals surface area contributed by atoms with Crippen molar-refractivity contribution in [3.05, 3.63) is 169 Å². The van der Waals surface area contributed by atoms with Crippen molar-refractivity contribution in [2.45, 2.75) is 0 Å². The summed E-state index contributed by atoms with van der Waals surface area (Å²) >= 11 is 0. The Morgan fingerprint density at radius 2 is 1.22 bits per heavy atom. The molecular formula is C45H27N5. The topological polar surface area (TPSA) is 58.9 Å². The second-order valence-corrected chi connectivity index (χ2v) is 12.6. The summed E-state index contributed by atoms with van der Waals surface area (Å²) in [6.45, 7) is 0. The van der Waals surface area contributed by atoms with Crippen LogP contribution in [0, 0.1) is 11.3 Å². The number of pyridine rings is 2. The maximum Gasteiger partial charge on any atom is 0.137 e. The molecule has 0 saturated carbocycles. The van der Waals surface area contributed by atoms with E-state index < -0.39 is 0 Å². The standard InChI is InChI=1S/C45H27N5/c46-28-29-17-22-40-37(24-29)36-20-18-34(27-41(36)50(40)35-14-5-2-6-15-35)32-13-9-12-31(25-32)33-19-21-39-38(26-33)44-45(49-23-8-7-16-42(49)48-44)43(47-39)30-10-3-1-4-11-30/h1-27H. The first-order valence-electron chi connectivity index (χ1n) is 16.6. The smallest absolute Gasteiger partial charge is 0.137 e. The van der Waals surface area contributed by atoms with Crippen LogP contribution in [-0.2, 0) is 0 Å². The van der Waals surface area contributed by atoms with Crippen LogP contribution < -0.4 is 0 Å². The maximum atomic E-state index is 9.64. The van der Waals surface area contributed by atoms with E-state index in [1.165, 1.54) is 0 Å². The number of benzene rings is 6. The third-order valence-corrected chi connectivity index (χ3v) is 9.72. The summed E-state index contributed by atoms with van der Waals surface area (Å²) in [5.41, 5.74) is 14.2. The van der Waals surface area contributed by atoms with Crippen LogP contribution in [-0.4, -0.2) is 18.9 Å². The summed E-state index contributed by atoms with van der Waals surface area (Å²) in [6, 6.07) is 57.0. The fourth-order valence-corrected chi connectivity index (χ4v) is 7.39. The van der Waals surface area contributed by atoms with E-state index >= 15 is 0 Å². The van der Waals surface area contributed by atoms with Gasteiger partial charge in [0.25, 0.3) is 0 Å². The van der Waals surface area contributed by atoms with E-state index in [9.17, 15) is 5.26 Å². The highest BCUT2D eigenvalue weighted by Gasteiger charge is 2.18. The molecule has 0 radical (unpaired) electrons. The minimum absolute atomic E-state index is 0.657. The molecule has 5 nitrogen and oxygen atoms in total. The Kier molecular flexibility index (Phi) is 6.17. The van der Waals surface area contributed by atoms with Gasteiger partial charge in [0.1, 0.15) is 11.2 Å². The molecule has 0 N–H and O–H groups in total. The van der Waals surface area contributed by atoms with Gasteiger partial charge in [-0.15, -0.1) is 0 Å². The predicted molar refractivity (Wildman–Crippen MR) is 203 cm³/mol. The summed E-state index contributed by atoms with van der Waals surface area (Å²) in [4.78, 5) is 10.3. The van der Waals surface area contributed by atoms with Gasteiger partial charge in [-0.1, -0.05) is 91.0 Å². The van der Waals surface area contributed by atoms with Gasteiger partial charge in [0.2, 0.25) is 0 Å². The number of hydrogen-bond acceptors (Lipinski definition) is 3. The zero-order chi connectivity index (χ0) is 33.2. The first kappa shape index (κ1) is 28.0. The molecule has 6 aromatic carbocycles. The molecule has 0 aliphatic carbocycles. The Hall–Kier alpha value is -7.03. The van der Waals surface area contributed by atoms with Crippen molar-refractivity contribution in [3.8, 4) is 45.3 Å². The van der Waals surface area contributed by atoms with Crippen LogP contribution in [0.2, 0.25) is 0 Å². The fraction of sp³-hybridized carbons (Fsp3) is 0. The van der Waals surface area contributed by atoms with Crippen molar-refractivity contribution in [2.75, 3.05) is 0 Å². The molecule has 232 valence electrons. The number of nitrogens with zero attached hydrogens (tertiary/aromatic N) is 5. The molecule has 4 heterocycles. The molecule has 10 rings (SSSR count). The van der Waals surface area contributed by atoms with Gasteiger partial charge in [0.15, 0.2) is 0 Å². The Balaban J connectivity index is 1.14. The normalized spacial score (nSPS) is 11.6. The molecule has 10 aromatic rings. The summed E-state index contributed by atoms with van der Waals surface area (Å²) in [5.74, 6) is 0. The molecule has 0 saturated heterocycles. The zero-order valence-corrected chi connectivity index (χ0v) is 26.8. The second-order valence-electron chi connectivity index (χ2n) is 12.6. The lowest BCUT2D eigenvalue weighted by atomic mass is 9.97. The van der Waals surface area contributed by atoms with Gasteiger partial charge in [-0.05, 0) is 89.0 Å². The van der Waals surface area contributed by atoms with Crippen molar-refractivity contribution in [2.24, 2.45) is 0 Å². The van der Waals surface area contributed by atoms with Crippen molar-refractivity contribution >= 4 is 49.4 Å². The third-order valence-electron chi connectivity index (χ3n) is 9.72. The lowest BCUT2D eigenvalue weighted by molar-refractivity contribution is 1.18. The number of imidazole rings is 1. The molecule has 0 aliphatic heterocycles. The van der Waals surface area contributed by atoms with Crippen LogP contribution in [0.1, 0.15) is 5.56 Å². The molecule has 0 bridgehead atoms. The van der Waals surface area contributed by atoms with Gasteiger partial charge in [0, 0.05) is 33.6 Å². The molecule has 0 unspecified atom stereocenters. The third kappa shape index (κ3) is 4.33. The highest BCUT2D eigenvalue weighted by Crippen LogP contribution is 2.38. The number of hydrogen-bond donors (Lipinski definition) is 0. The molecule has 0 amide bonds. The Labute approximate surface area is 287 Å². The molecular weight excluding hydrogens is 611 g/mol. The molecule has 5 heteroatoms. The molecule has 50 heavy (non-hydrogen) atoms. The van der Waals surface area contributed by atoms with Crippen molar-refractivity contribution in [1.29, 1.82) is 5.26 Å². The van der Waals surface area contributed by atoms with Gasteiger partial charge in [-0.25, -0.2) is 9.97 Å². The van der Waals surface area contributed by atoms with E-state index in [-0.39, 0.29) is 0 Å². The van der Waals surface area contributed by atoms with E-state index in [1.54, 1.807) is 0 Å². The van der Waals surface area contributed by atoms with Gasteiger partial charge >= 0.3 is 0 Å². The lowest BCUT2D eigenvalue weighted by Gasteiger charge is -2.11. The summed E-state index contributed by atoms with van der Waals surface area (Å²) in [7, 11) is 0. The SMILES string of the molecule is N#Cc1ccc2c(c1)c1ccc(-c3cccc(-c4ccc5nc(-c6ccccc6)c6c(nc7ccccn76)c5c4)c3)cc1n2-c1ccccc1. The van der Waals surface area contributed by atoms with E-state index in [1.807, 2.05) is 42.5 Å². The lowest BCUT2D eigenvalue weighted by Crippen LogP contribution is -1.93. The number of fused-ring (bicyclic) bond motifs is 8. The average molecular weight is 638 g/mol. The summed E-state index contributed by atoms with van der Waals surface area (Å²) in [5, 5.41) is 12.9. The molecule has 0 spiro atoms. The van der Waals surface area contributed by atoms with E-state index in [2.05, 4.69) is 136 Å². The Morgan fingerprint density at radius 3 is 2.04 bits per heavy atom. The van der Waals surface area contributed by atoms with Crippen LogP contribution in [0.25, 0.3) is 88.6 Å². The monoisotopic (exact) mass is 637 g/mol. The molecule has 0 atom stereocenters. The fourth-order valence-electron chi connectivity index (χ4n) is 7.39. The number of nitriles is 1. The van der Waals surface area contributed by atoms with Crippen LogP contribution in [0.4, 0.5) is 0 Å². The second kappa shape index (κ2) is 11.0. The number of aromatic nitrogens is 4. The predicted octanol–water partition coefficient (Wildman–Crippen LogP) is 11.0. The highest BCUT2D eigenvalue weighted by molar-refractivity contribution is 6.11. The quantitative estimate of drug-likeness (QED) is 0.193. The molecule has 0 fully saturated rings. The van der Waals surface area contributed by atoms with Crippen molar-refractivity contribution in [3.63, 3.8) is 0 Å². The van der Waals surface area contributed by atoms with Gasteiger partial charge in [-0.3, -0.25) is 4.40 Å². The van der Waals surface area contributed by atoms with Crippen molar-refractivity contribution < 1.29 is 0 Å². The highest BCUT2D eigenvalue weighted by atomic mass is 15.0. The van der Waals surface area contributed by atoms with Gasteiger partial charge < -0.3 is 4.57 Å². The van der Waals surface area contributed by atoms with E-state index in [0.717, 1.165) is 88.6 Å². The van der Waals surface area contributed by atoms with E-state index in [4.69, 9.17) is 9.97 Å².